The molecule has 1 aromatic carbocycles. The van der Waals surface area contributed by atoms with Crippen LogP contribution < -0.4 is 0 Å². The van der Waals surface area contributed by atoms with E-state index in [4.69, 9.17) is 4.74 Å². The molecule has 3 aromatic rings. The van der Waals surface area contributed by atoms with Crippen molar-refractivity contribution >= 4 is 5.91 Å². The van der Waals surface area contributed by atoms with Crippen molar-refractivity contribution in [3.05, 3.63) is 64.6 Å². The molecule has 2 aliphatic heterocycles. The lowest BCUT2D eigenvalue weighted by atomic mass is 9.96. The van der Waals surface area contributed by atoms with Crippen LogP contribution >= 0.6 is 0 Å². The van der Waals surface area contributed by atoms with Crippen molar-refractivity contribution in [2.75, 3.05) is 32.8 Å². The number of nitrogens with zero attached hydrogens (tertiary/aromatic N) is 8. The Kier molecular flexibility index (Phi) is 5.51. The van der Waals surface area contributed by atoms with Gasteiger partial charge in [0.25, 0.3) is 0 Å². The fourth-order valence-corrected chi connectivity index (χ4v) is 5.65. The molecular weight excluding hydrogens is 444 g/mol. The molecule has 2 aromatic heterocycles. The number of morpholine rings is 1. The minimum atomic E-state index is -0.152. The van der Waals surface area contributed by atoms with Crippen molar-refractivity contribution in [2.24, 2.45) is 0 Å². The number of amides is 1. The molecule has 0 radical (unpaired) electrons. The van der Waals surface area contributed by atoms with Crippen LogP contribution in [0.3, 0.4) is 0 Å². The molecule has 10 heteroatoms. The van der Waals surface area contributed by atoms with Gasteiger partial charge in [-0.25, -0.2) is 4.98 Å². The third-order valence-corrected chi connectivity index (χ3v) is 7.62. The average molecular weight is 471 g/mol. The number of hydrogen-bond donors (Lipinski definition) is 0. The number of aromatic nitrogens is 5. The summed E-state index contributed by atoms with van der Waals surface area (Å²) in [4.78, 5) is 22.4. The van der Waals surface area contributed by atoms with Crippen LogP contribution in [0.4, 0.5) is 0 Å². The van der Waals surface area contributed by atoms with E-state index < -0.39 is 0 Å². The van der Waals surface area contributed by atoms with Crippen LogP contribution in [0.5, 0.6) is 0 Å². The van der Waals surface area contributed by atoms with Gasteiger partial charge in [0, 0.05) is 32.4 Å². The molecule has 3 aliphatic rings. The van der Waals surface area contributed by atoms with Gasteiger partial charge in [0.2, 0.25) is 5.91 Å². The van der Waals surface area contributed by atoms with Gasteiger partial charge in [-0.3, -0.25) is 9.69 Å². The molecule has 6 rings (SSSR count). The molecule has 1 aliphatic carbocycles. The number of carbonyl (C=O) groups excluding carboxylic acids is 1. The molecule has 0 N–H and O–H groups in total. The summed E-state index contributed by atoms with van der Waals surface area (Å²) in [6.45, 7) is 5.54. The van der Waals surface area contributed by atoms with Crippen LogP contribution in [0.25, 0.3) is 5.82 Å². The number of pyridine rings is 1. The second kappa shape index (κ2) is 8.83. The maximum atomic E-state index is 13.5. The van der Waals surface area contributed by atoms with E-state index in [0.717, 1.165) is 48.2 Å². The normalized spacial score (nSPS) is 24.0. The monoisotopic (exact) mass is 470 g/mol. The first-order valence-corrected chi connectivity index (χ1v) is 12.0. The maximum Gasteiger partial charge on any atom is 0.230 e. The molecule has 35 heavy (non-hydrogen) atoms. The lowest BCUT2D eigenvalue weighted by molar-refractivity contribution is -0.141. The second-order valence-electron chi connectivity index (χ2n) is 9.47. The number of aryl methyl sites for hydroxylation is 1. The molecule has 2 fully saturated rings. The third-order valence-electron chi connectivity index (χ3n) is 7.62. The van der Waals surface area contributed by atoms with Gasteiger partial charge in [0.1, 0.15) is 6.33 Å². The molecule has 3 atom stereocenters. The number of carbonyl (C=O) groups is 1. The van der Waals surface area contributed by atoms with E-state index in [0.29, 0.717) is 31.1 Å². The first kappa shape index (κ1) is 21.8. The topological polar surface area (TPSA) is 113 Å². The van der Waals surface area contributed by atoms with Gasteiger partial charge in [-0.05, 0) is 64.6 Å². The predicted molar refractivity (Wildman–Crippen MR) is 125 cm³/mol. The zero-order valence-electron chi connectivity index (χ0n) is 19.5. The summed E-state index contributed by atoms with van der Waals surface area (Å²) in [7, 11) is 0. The number of hydrogen-bond acceptors (Lipinski definition) is 8. The highest BCUT2D eigenvalue weighted by atomic mass is 16.5. The summed E-state index contributed by atoms with van der Waals surface area (Å²) in [6.07, 6.45) is 4.92. The van der Waals surface area contributed by atoms with Crippen molar-refractivity contribution in [2.45, 2.75) is 37.8 Å². The highest BCUT2D eigenvalue weighted by molar-refractivity contribution is 5.85. The minimum absolute atomic E-state index is 0.0519. The van der Waals surface area contributed by atoms with E-state index in [9.17, 15) is 10.1 Å². The number of ether oxygens (including phenoxy) is 1. The first-order valence-electron chi connectivity index (χ1n) is 12.0. The van der Waals surface area contributed by atoms with Crippen LogP contribution in [-0.4, -0.2) is 79.7 Å². The summed E-state index contributed by atoms with van der Waals surface area (Å²) in [6, 6.07) is 10.3. The van der Waals surface area contributed by atoms with Crippen LogP contribution in [0, 0.1) is 18.3 Å². The smallest absolute Gasteiger partial charge is 0.230 e. The van der Waals surface area contributed by atoms with Gasteiger partial charge in [-0.2, -0.15) is 9.94 Å². The molecule has 4 heterocycles. The fourth-order valence-electron chi connectivity index (χ4n) is 5.65. The van der Waals surface area contributed by atoms with E-state index in [1.54, 1.807) is 0 Å². The number of piperazine rings is 1. The van der Waals surface area contributed by atoms with Gasteiger partial charge in [-0.1, -0.05) is 12.1 Å². The molecule has 178 valence electrons. The van der Waals surface area contributed by atoms with Crippen molar-refractivity contribution in [1.82, 2.24) is 35.0 Å². The SMILES string of the molecule is Cc1c(C#N)cccc1[C@@H]1CN2CCN(C(=O)C3CCc4cc(-n5cnnn5)ncc43)C[C@@H]2CO1. The first-order chi connectivity index (χ1) is 17.1. The summed E-state index contributed by atoms with van der Waals surface area (Å²) in [5.74, 6) is 0.695. The predicted octanol–water partition coefficient (Wildman–Crippen LogP) is 1.55. The van der Waals surface area contributed by atoms with Gasteiger partial charge in [-0.15, -0.1) is 5.10 Å². The number of tetrazole rings is 1. The minimum Gasteiger partial charge on any atom is -0.370 e. The maximum absolute atomic E-state index is 13.5. The number of nitriles is 1. The fraction of sp³-hybridized carbons (Fsp3) is 0.440. The molecular formula is C25H26N8O2. The zero-order valence-corrected chi connectivity index (χ0v) is 19.5. The van der Waals surface area contributed by atoms with Crippen LogP contribution in [0.15, 0.2) is 36.8 Å². The Morgan fingerprint density at radius 1 is 1.23 bits per heavy atom. The summed E-state index contributed by atoms with van der Waals surface area (Å²) >= 11 is 0. The van der Waals surface area contributed by atoms with E-state index in [1.165, 1.54) is 11.0 Å². The average Bonchev–Trinajstić information content (AvgIpc) is 3.58. The van der Waals surface area contributed by atoms with Crippen molar-refractivity contribution in [1.29, 1.82) is 5.26 Å². The number of fused-ring (bicyclic) bond motifs is 2. The molecule has 1 unspecified atom stereocenters. The Morgan fingerprint density at radius 3 is 2.97 bits per heavy atom. The van der Waals surface area contributed by atoms with E-state index in [1.807, 2.05) is 36.2 Å². The molecule has 1 amide bonds. The van der Waals surface area contributed by atoms with Crippen molar-refractivity contribution in [3.8, 4) is 11.9 Å². The van der Waals surface area contributed by atoms with Gasteiger partial charge >= 0.3 is 0 Å². The second-order valence-corrected chi connectivity index (χ2v) is 9.47. The summed E-state index contributed by atoms with van der Waals surface area (Å²) in [5, 5.41) is 20.6. The molecule has 0 bridgehead atoms. The number of benzene rings is 1. The Balaban J connectivity index is 1.12. The van der Waals surface area contributed by atoms with Crippen LogP contribution in [0.1, 0.15) is 46.3 Å². The lowest BCUT2D eigenvalue weighted by Crippen LogP contribution is -2.60. The van der Waals surface area contributed by atoms with E-state index in [2.05, 4.69) is 37.5 Å². The molecule has 0 spiro atoms. The third kappa shape index (κ3) is 3.87. The standard InChI is InChI=1S/C25H26N8O2/c1-16-18(10-26)3-2-4-20(16)23-13-31-7-8-32(12-19(31)14-35-23)25(34)21-6-5-17-9-24(27-11-22(17)21)33-15-28-29-30-33/h2-4,9,11,15,19,21,23H,5-8,12-14H2,1H3/t19-,21?,23+/m1/s1. The zero-order chi connectivity index (χ0) is 23.9. The lowest BCUT2D eigenvalue weighted by Gasteiger charge is -2.46. The highest BCUT2D eigenvalue weighted by Gasteiger charge is 2.39. The summed E-state index contributed by atoms with van der Waals surface area (Å²) < 4.78 is 7.79. The number of rotatable bonds is 3. The molecule has 2 saturated heterocycles. The van der Waals surface area contributed by atoms with Crippen molar-refractivity contribution in [3.63, 3.8) is 0 Å². The van der Waals surface area contributed by atoms with E-state index in [-0.39, 0.29) is 24.0 Å². The van der Waals surface area contributed by atoms with Gasteiger partial charge < -0.3 is 9.64 Å². The Morgan fingerprint density at radius 2 is 2.14 bits per heavy atom. The quantitative estimate of drug-likeness (QED) is 0.567. The Bertz CT molecular complexity index is 1300. The van der Waals surface area contributed by atoms with Gasteiger partial charge in [0.15, 0.2) is 5.82 Å². The molecule has 0 saturated carbocycles. The highest BCUT2D eigenvalue weighted by Crippen LogP contribution is 2.36. The Hall–Kier alpha value is -3.68. The van der Waals surface area contributed by atoms with Crippen LogP contribution in [-0.2, 0) is 16.0 Å². The Labute approximate surface area is 203 Å². The van der Waals surface area contributed by atoms with E-state index >= 15 is 0 Å². The summed E-state index contributed by atoms with van der Waals surface area (Å²) in [5.41, 5.74) is 4.92. The molecule has 10 nitrogen and oxygen atoms in total. The van der Waals surface area contributed by atoms with Gasteiger partial charge in [0.05, 0.1) is 36.3 Å². The van der Waals surface area contributed by atoms with Crippen LogP contribution in [0.2, 0.25) is 0 Å². The largest absolute Gasteiger partial charge is 0.370 e. The van der Waals surface area contributed by atoms with Crippen molar-refractivity contribution < 1.29 is 9.53 Å².